The van der Waals surface area contributed by atoms with Gasteiger partial charge in [0.05, 0.1) is 71.8 Å². The molecule has 0 atom stereocenters. The van der Waals surface area contributed by atoms with Gasteiger partial charge in [-0.1, -0.05) is 323 Å². The third-order valence-corrected chi connectivity index (χ3v) is 23.1. The molecule has 0 aliphatic carbocycles. The highest BCUT2D eigenvalue weighted by atomic mass is 16.5. The number of rotatable bonds is 22. The zero-order chi connectivity index (χ0) is 111. The first kappa shape index (κ1) is 128. The van der Waals surface area contributed by atoms with Gasteiger partial charge in [-0.05, 0) is 256 Å². The number of amides is 6. The number of methoxy groups -OCH3 is 1. The molecule has 2 heterocycles. The molecule has 11 aromatic carbocycles. The fraction of sp³-hybridized carbons (Fsp3) is 0.349. The van der Waals surface area contributed by atoms with Crippen LogP contribution in [0.1, 0.15) is 393 Å². The molecule has 0 fully saturated rings. The number of imidazole rings is 1. The van der Waals surface area contributed by atoms with Crippen molar-refractivity contribution in [2.45, 2.75) is 245 Å². The lowest BCUT2D eigenvalue weighted by molar-refractivity contribution is 0.0599. The number of primary amides is 3. The van der Waals surface area contributed by atoms with Crippen molar-refractivity contribution in [3.63, 3.8) is 0 Å². The molecule has 21 nitrogen and oxygen atoms in total. The summed E-state index contributed by atoms with van der Waals surface area (Å²) in [6.07, 6.45) is 6.85. The van der Waals surface area contributed by atoms with E-state index in [0.29, 0.717) is 112 Å². The Hall–Kier alpha value is -15.2. The number of carbonyl (C=O) groups excluding carboxylic acids is 7. The molecule has 21 heteroatoms. The van der Waals surface area contributed by atoms with Gasteiger partial charge in [-0.25, -0.2) is 9.78 Å². The summed E-state index contributed by atoms with van der Waals surface area (Å²) in [5.74, 6) is 4.04. The summed E-state index contributed by atoms with van der Waals surface area (Å²) >= 11 is 0. The van der Waals surface area contributed by atoms with Crippen molar-refractivity contribution in [3.8, 4) is 18.2 Å². The highest BCUT2D eigenvalue weighted by Gasteiger charge is 2.16. The van der Waals surface area contributed by atoms with Gasteiger partial charge in [-0.15, -0.1) is 0 Å². The first-order valence-corrected chi connectivity index (χ1v) is 50.4. The fourth-order valence-electron chi connectivity index (χ4n) is 13.6. The first-order valence-electron chi connectivity index (χ1n) is 50.4. The lowest BCUT2D eigenvalue weighted by atomic mass is 9.97. The van der Waals surface area contributed by atoms with Crippen LogP contribution in [0.25, 0.3) is 5.65 Å². The van der Waals surface area contributed by atoms with Crippen LogP contribution in [0, 0.1) is 40.9 Å². The van der Waals surface area contributed by atoms with Crippen molar-refractivity contribution < 1.29 is 43.4 Å². The SMILES string of the molecule is CC(C)c1ccc(C#N)cc1.CC(C)c1ccc(C(=O)N(C)C)cc1.CC(C)c1ccc(C(N)=O)cc1.CC(C)c1cccc(C#N)c1.CC(C)c1cccc(C(N)=O)c1.CC(C)c1ccccc1.CC(C)c1ccccc1C#N.CC(C)c1ccccc1C(N)=O.CCc1ccc(C(=O)N(CC)CCO)cc1.CNC(=O)c1ccc(C(C)C)cc1.COC(=O)c1ccc(C(C)C)cc1.Cc1cn2cc(C(C)C)ncc2n1. The van der Waals surface area contributed by atoms with Crippen molar-refractivity contribution >= 4 is 47.1 Å². The molecule has 147 heavy (non-hydrogen) atoms. The molecule has 2 aromatic heterocycles. The first-order chi connectivity index (χ1) is 69.6. The average molecular weight is 1990 g/mol. The number of aryl methyl sites for hydroxylation is 2. The second kappa shape index (κ2) is 68.9. The van der Waals surface area contributed by atoms with E-state index in [1.165, 1.54) is 51.6 Å². The van der Waals surface area contributed by atoms with E-state index < -0.39 is 0 Å². The van der Waals surface area contributed by atoms with E-state index in [1.807, 2.05) is 263 Å². The molecular weight excluding hydrogens is 1830 g/mol. The van der Waals surface area contributed by atoms with E-state index in [4.69, 9.17) is 38.1 Å². The maximum Gasteiger partial charge on any atom is 0.337 e. The Balaban J connectivity index is 0.000000543. The molecule has 0 saturated carbocycles. The van der Waals surface area contributed by atoms with E-state index in [9.17, 15) is 33.6 Å². The largest absolute Gasteiger partial charge is 0.465 e. The minimum absolute atomic E-state index is 0.00657. The smallest absolute Gasteiger partial charge is 0.337 e. The highest BCUT2D eigenvalue weighted by Crippen LogP contribution is 2.25. The van der Waals surface area contributed by atoms with Gasteiger partial charge in [-0.3, -0.25) is 33.8 Å². The number of aliphatic hydroxyl groups is 1. The van der Waals surface area contributed by atoms with Crippen LogP contribution < -0.4 is 22.5 Å². The number of hydrogen-bond donors (Lipinski definition) is 5. The van der Waals surface area contributed by atoms with Crippen molar-refractivity contribution in [1.29, 1.82) is 15.8 Å². The number of benzene rings is 11. The van der Waals surface area contributed by atoms with Gasteiger partial charge in [0.2, 0.25) is 17.7 Å². The summed E-state index contributed by atoms with van der Waals surface area (Å²) in [6, 6.07) is 93.0. The van der Waals surface area contributed by atoms with Gasteiger partial charge >= 0.3 is 5.97 Å². The number of nitrogens with two attached hydrogens (primary N) is 3. The van der Waals surface area contributed by atoms with Crippen LogP contribution in [0.3, 0.4) is 0 Å². The van der Waals surface area contributed by atoms with Crippen LogP contribution in [0.5, 0.6) is 0 Å². The van der Waals surface area contributed by atoms with Gasteiger partial charge in [-0.2, -0.15) is 15.8 Å². The van der Waals surface area contributed by atoms with Crippen molar-refractivity contribution in [2.24, 2.45) is 17.2 Å². The molecule has 780 valence electrons. The molecule has 0 spiro atoms. The van der Waals surface area contributed by atoms with E-state index in [-0.39, 0.29) is 48.0 Å². The summed E-state index contributed by atoms with van der Waals surface area (Å²) < 4.78 is 6.62. The Labute approximate surface area is 878 Å². The Bertz CT molecular complexity index is 6160. The third kappa shape index (κ3) is 47.9. The van der Waals surface area contributed by atoms with Gasteiger partial charge in [0.1, 0.15) is 0 Å². The van der Waals surface area contributed by atoms with Gasteiger partial charge < -0.3 is 46.6 Å². The van der Waals surface area contributed by atoms with Crippen LogP contribution in [0.2, 0.25) is 0 Å². The number of nitrogens with one attached hydrogen (secondary N) is 1. The molecule has 0 unspecified atom stereocenters. The Morgan fingerprint density at radius 2 is 0.782 bits per heavy atom. The minimum Gasteiger partial charge on any atom is -0.465 e. The maximum atomic E-state index is 12.0. The van der Waals surface area contributed by atoms with Gasteiger partial charge in [0, 0.05) is 80.0 Å². The number of esters is 1. The van der Waals surface area contributed by atoms with Crippen molar-refractivity contribution in [2.75, 3.05) is 47.9 Å². The maximum absolute atomic E-state index is 12.0. The molecule has 0 aliphatic heterocycles. The third-order valence-electron chi connectivity index (χ3n) is 23.1. The number of carbonyl (C=O) groups is 7. The predicted molar refractivity (Wildman–Crippen MR) is 604 cm³/mol. The van der Waals surface area contributed by atoms with E-state index in [1.54, 1.807) is 67.3 Å². The number of hydrogen-bond acceptors (Lipinski definition) is 14. The number of fused-ring (bicyclic) bond motifs is 1. The van der Waals surface area contributed by atoms with Gasteiger partial charge in [0.15, 0.2) is 5.65 Å². The number of aromatic nitrogens is 3. The summed E-state index contributed by atoms with van der Waals surface area (Å²) in [7, 11) is 6.55. The Morgan fingerprint density at radius 1 is 0.395 bits per heavy atom. The summed E-state index contributed by atoms with van der Waals surface area (Å²) in [4.78, 5) is 90.1. The normalized spacial score (nSPS) is 10.2. The van der Waals surface area contributed by atoms with Crippen molar-refractivity contribution in [1.82, 2.24) is 29.5 Å². The molecule has 0 aliphatic rings. The standard InChI is InChI=1S/C13H19NO2.C12H17NO.C11H15NO.C11H14O2.C10H13N3.3C10H13NO.3C10H11N.C9H12/c1-3-11-5-7-12(8-6-11)13(16)14(4-2)9-10-15;1-9(2)10-5-7-11(8-6-10)12(14)13(3)4;1-8(2)9-4-6-10(7-5-9)11(13)12-3;1-8(2)9-4-6-10(7-5-9)11(12)13-3;1-7(2)9-6-13-5-8(3)12-10(13)4-11-9;1-7(2)8-3-5-9(6-4-8)10(11)12;1-7(2)8-4-3-5-9(6-8)10(11)12;1-7(2)8-5-3-4-6-9(8)10(11)12;1-8(2)10-5-3-9(7-11)4-6-10;1-8(2)10-5-3-4-9(6-10)7-11;1-8(2)10-6-4-3-5-9(10)7-11;1-8(2)9-6-4-3-5-7-9/h5-8,15H,3-4,9-10H2,1-2H3;5-9H,1-4H3;4-8H,1-3H3,(H,12,13);4-8H,1-3H3;4-7H,1-3H3;3*3-7H,1-2H3,(H2,11,12);3*3-6,8H,1-2H3;3-8H,1-2H3. The topological polar surface area (TPSA) is 347 Å². The van der Waals surface area contributed by atoms with Crippen LogP contribution in [0.4, 0.5) is 0 Å². The molecule has 13 aromatic rings. The zero-order valence-corrected chi connectivity index (χ0v) is 92.4. The minimum atomic E-state index is -0.370. The monoisotopic (exact) mass is 1990 g/mol. The zero-order valence-electron chi connectivity index (χ0n) is 92.4. The molecule has 13 rings (SSSR count). The quantitative estimate of drug-likeness (QED) is 0.0394. The Morgan fingerprint density at radius 3 is 1.16 bits per heavy atom. The van der Waals surface area contributed by atoms with Crippen LogP contribution >= 0.6 is 0 Å². The summed E-state index contributed by atoms with van der Waals surface area (Å²) in [6.45, 7) is 53.7. The summed E-state index contributed by atoms with van der Waals surface area (Å²) in [5, 5.41) is 37.3. The Kier molecular flexibility index (Phi) is 59.9. The molecule has 0 radical (unpaired) electrons. The molecule has 6 amide bonds. The second-order valence-corrected chi connectivity index (χ2v) is 38.5. The van der Waals surface area contributed by atoms with Crippen LogP contribution in [-0.2, 0) is 11.2 Å². The number of aliphatic hydroxyl groups excluding tert-OH is 1. The molecular formula is C126H162N12O9. The van der Waals surface area contributed by atoms with E-state index >= 15 is 0 Å². The lowest BCUT2D eigenvalue weighted by Gasteiger charge is -2.19. The highest BCUT2D eigenvalue weighted by molar-refractivity contribution is 5.96. The number of nitrogens with zero attached hydrogens (tertiary/aromatic N) is 8. The number of ether oxygens (including phenoxy) is 1. The molecule has 0 saturated heterocycles. The molecule has 8 N–H and O–H groups in total. The fourth-order valence-corrected chi connectivity index (χ4v) is 13.6. The van der Waals surface area contributed by atoms with Crippen LogP contribution in [0.15, 0.2) is 292 Å². The number of likely N-dealkylation sites (N-methyl/N-ethyl adjacent to an activating group) is 1. The van der Waals surface area contributed by atoms with E-state index in [2.05, 4.69) is 208 Å². The number of nitriles is 3. The summed E-state index contributed by atoms with van der Waals surface area (Å²) in [5.41, 5.74) is 38.7. The van der Waals surface area contributed by atoms with Crippen molar-refractivity contribution in [3.05, 3.63) is 420 Å². The average Bonchev–Trinajstić information content (AvgIpc) is 1.68. The molecule has 0 bridgehead atoms. The second-order valence-electron chi connectivity index (χ2n) is 38.5. The predicted octanol–water partition coefficient (Wildman–Crippen LogP) is 27.7. The van der Waals surface area contributed by atoms with Crippen LogP contribution in [-0.4, -0.2) is 119 Å². The lowest BCUT2D eigenvalue weighted by Crippen LogP contribution is -2.33. The van der Waals surface area contributed by atoms with Gasteiger partial charge in [0.25, 0.3) is 17.7 Å². The van der Waals surface area contributed by atoms with E-state index in [0.717, 1.165) is 62.4 Å².